The van der Waals surface area contributed by atoms with E-state index in [1.807, 2.05) is 11.9 Å². The van der Waals surface area contributed by atoms with Crippen molar-refractivity contribution in [1.29, 1.82) is 0 Å². The lowest BCUT2D eigenvalue weighted by molar-refractivity contribution is -0.385. The van der Waals surface area contributed by atoms with E-state index in [2.05, 4.69) is 0 Å². The highest BCUT2D eigenvalue weighted by Crippen LogP contribution is 2.35. The molecule has 0 atom stereocenters. The molecule has 150 valence electrons. The summed E-state index contributed by atoms with van der Waals surface area (Å²) in [5.74, 6) is -2.64. The van der Waals surface area contributed by atoms with E-state index in [-0.39, 0.29) is 23.7 Å². The van der Waals surface area contributed by atoms with E-state index >= 15 is 0 Å². The number of nitrogens with zero attached hydrogens (tertiary/aromatic N) is 3. The molecule has 0 amide bonds. The number of rotatable bonds is 5. The van der Waals surface area contributed by atoms with Gasteiger partial charge in [-0.15, -0.1) is 0 Å². The Labute approximate surface area is 160 Å². The lowest BCUT2D eigenvalue weighted by atomic mass is 10.3. The third-order valence-electron chi connectivity index (χ3n) is 4.34. The number of likely N-dealkylation sites (N-methyl/N-ethyl adjacent to an activating group) is 1. The quantitative estimate of drug-likeness (QED) is 0.553. The smallest absolute Gasteiger partial charge is 0.312 e. The molecule has 0 bridgehead atoms. The molecular formula is C17H17F2N3O5S. The fourth-order valence-electron chi connectivity index (χ4n) is 2.74. The van der Waals surface area contributed by atoms with Crippen LogP contribution in [-0.4, -0.2) is 55.8 Å². The second-order valence-electron chi connectivity index (χ2n) is 6.27. The van der Waals surface area contributed by atoms with Crippen molar-refractivity contribution in [3.63, 3.8) is 0 Å². The first kappa shape index (κ1) is 20.1. The summed E-state index contributed by atoms with van der Waals surface area (Å²) in [5, 5.41) is 11.4. The Morgan fingerprint density at radius 3 is 2.29 bits per heavy atom. The van der Waals surface area contributed by atoms with Gasteiger partial charge in [0.2, 0.25) is 15.8 Å². The Balaban J connectivity index is 1.94. The molecule has 0 aliphatic carbocycles. The number of piperazine rings is 1. The molecule has 8 nitrogen and oxygen atoms in total. The molecule has 0 radical (unpaired) electrons. The van der Waals surface area contributed by atoms with Crippen LogP contribution >= 0.6 is 0 Å². The Bertz CT molecular complexity index is 1010. The van der Waals surface area contributed by atoms with Gasteiger partial charge in [0, 0.05) is 38.3 Å². The molecule has 2 aromatic rings. The molecule has 1 heterocycles. The van der Waals surface area contributed by atoms with Crippen molar-refractivity contribution in [3.05, 3.63) is 58.1 Å². The zero-order valence-electron chi connectivity index (χ0n) is 14.8. The van der Waals surface area contributed by atoms with Crippen molar-refractivity contribution in [3.8, 4) is 11.5 Å². The maximum Gasteiger partial charge on any atom is 0.312 e. The second kappa shape index (κ2) is 7.78. The van der Waals surface area contributed by atoms with Crippen LogP contribution in [0, 0.1) is 21.7 Å². The molecule has 3 rings (SSSR count). The molecule has 2 aromatic carbocycles. The maximum absolute atomic E-state index is 13.8. The van der Waals surface area contributed by atoms with Crippen LogP contribution in [0.2, 0.25) is 0 Å². The monoisotopic (exact) mass is 413 g/mol. The van der Waals surface area contributed by atoms with Crippen molar-refractivity contribution in [2.75, 3.05) is 33.2 Å². The largest absolute Gasteiger partial charge is 0.447 e. The molecule has 1 fully saturated rings. The summed E-state index contributed by atoms with van der Waals surface area (Å²) in [6.45, 7) is 1.63. The van der Waals surface area contributed by atoms with E-state index in [0.717, 1.165) is 30.3 Å². The minimum atomic E-state index is -3.92. The summed E-state index contributed by atoms with van der Waals surface area (Å²) < 4.78 is 58.8. The van der Waals surface area contributed by atoms with Gasteiger partial charge in [0.25, 0.3) is 0 Å². The summed E-state index contributed by atoms with van der Waals surface area (Å²) in [5.41, 5.74) is -0.640. The van der Waals surface area contributed by atoms with Gasteiger partial charge < -0.3 is 9.64 Å². The van der Waals surface area contributed by atoms with E-state index < -0.39 is 38.0 Å². The summed E-state index contributed by atoms with van der Waals surface area (Å²) >= 11 is 0. The number of benzene rings is 2. The molecule has 0 spiro atoms. The second-order valence-corrected chi connectivity index (χ2v) is 8.21. The van der Waals surface area contributed by atoms with Gasteiger partial charge in [0.05, 0.1) is 9.82 Å². The minimum Gasteiger partial charge on any atom is -0.447 e. The van der Waals surface area contributed by atoms with Crippen LogP contribution in [0.15, 0.2) is 41.3 Å². The third-order valence-corrected chi connectivity index (χ3v) is 6.24. The van der Waals surface area contributed by atoms with Gasteiger partial charge in [0.15, 0.2) is 11.6 Å². The average Bonchev–Trinajstić information content (AvgIpc) is 2.64. The number of halogens is 2. The number of hydrogen-bond donors (Lipinski definition) is 0. The molecule has 1 aliphatic heterocycles. The zero-order chi connectivity index (χ0) is 20.5. The van der Waals surface area contributed by atoms with Crippen LogP contribution in [0.4, 0.5) is 14.5 Å². The Kier molecular flexibility index (Phi) is 5.59. The van der Waals surface area contributed by atoms with Crippen LogP contribution < -0.4 is 4.74 Å². The fraction of sp³-hybridized carbons (Fsp3) is 0.294. The van der Waals surface area contributed by atoms with Gasteiger partial charge in [-0.3, -0.25) is 10.1 Å². The van der Waals surface area contributed by atoms with Crippen LogP contribution in [0.1, 0.15) is 0 Å². The SMILES string of the molecule is CN1CCN(S(=O)(=O)c2ccc(Oc3ccc(F)cc3F)c([N+](=O)[O-])c2)CC1. The van der Waals surface area contributed by atoms with E-state index in [4.69, 9.17) is 4.74 Å². The highest BCUT2D eigenvalue weighted by molar-refractivity contribution is 7.89. The molecule has 11 heteroatoms. The van der Waals surface area contributed by atoms with Gasteiger partial charge in [-0.25, -0.2) is 17.2 Å². The number of sulfonamides is 1. The van der Waals surface area contributed by atoms with Gasteiger partial charge >= 0.3 is 5.69 Å². The number of nitro groups is 1. The van der Waals surface area contributed by atoms with Crippen molar-refractivity contribution >= 4 is 15.7 Å². The number of nitro benzene ring substituents is 1. The molecule has 1 saturated heterocycles. The van der Waals surface area contributed by atoms with Crippen LogP contribution in [0.5, 0.6) is 11.5 Å². The number of hydrogen-bond acceptors (Lipinski definition) is 6. The van der Waals surface area contributed by atoms with Crippen LogP contribution in [-0.2, 0) is 10.0 Å². The summed E-state index contributed by atoms with van der Waals surface area (Å²) in [7, 11) is -2.05. The van der Waals surface area contributed by atoms with Gasteiger partial charge in [-0.1, -0.05) is 0 Å². The normalized spacial score (nSPS) is 16.1. The highest BCUT2D eigenvalue weighted by atomic mass is 32.2. The minimum absolute atomic E-state index is 0.254. The lowest BCUT2D eigenvalue weighted by Crippen LogP contribution is -2.47. The summed E-state index contributed by atoms with van der Waals surface area (Å²) in [4.78, 5) is 12.3. The highest BCUT2D eigenvalue weighted by Gasteiger charge is 2.30. The van der Waals surface area contributed by atoms with Gasteiger partial charge in [-0.2, -0.15) is 4.31 Å². The Morgan fingerprint density at radius 2 is 1.68 bits per heavy atom. The predicted molar refractivity (Wildman–Crippen MR) is 95.8 cm³/mol. The van der Waals surface area contributed by atoms with E-state index in [0.29, 0.717) is 19.2 Å². The summed E-state index contributed by atoms with van der Waals surface area (Å²) in [6.07, 6.45) is 0. The molecule has 0 aromatic heterocycles. The first-order valence-electron chi connectivity index (χ1n) is 8.28. The number of ether oxygens (including phenoxy) is 1. The van der Waals surface area contributed by atoms with E-state index in [1.54, 1.807) is 0 Å². The molecule has 28 heavy (non-hydrogen) atoms. The molecule has 0 unspecified atom stereocenters. The van der Waals surface area contributed by atoms with Crippen LogP contribution in [0.3, 0.4) is 0 Å². The Hall–Kier alpha value is -2.63. The summed E-state index contributed by atoms with van der Waals surface area (Å²) in [6, 6.07) is 5.64. The zero-order valence-corrected chi connectivity index (χ0v) is 15.7. The average molecular weight is 413 g/mol. The lowest BCUT2D eigenvalue weighted by Gasteiger charge is -2.31. The van der Waals surface area contributed by atoms with E-state index in [1.165, 1.54) is 4.31 Å². The fourth-order valence-corrected chi connectivity index (χ4v) is 4.18. The van der Waals surface area contributed by atoms with E-state index in [9.17, 15) is 27.3 Å². The molecular weight excluding hydrogens is 396 g/mol. The van der Waals surface area contributed by atoms with Crippen molar-refractivity contribution in [1.82, 2.24) is 9.21 Å². The topological polar surface area (TPSA) is 93.0 Å². The first-order valence-corrected chi connectivity index (χ1v) is 9.72. The van der Waals surface area contributed by atoms with Crippen LogP contribution in [0.25, 0.3) is 0 Å². The maximum atomic E-state index is 13.8. The predicted octanol–water partition coefficient (Wildman–Crippen LogP) is 2.60. The Morgan fingerprint density at radius 1 is 1.04 bits per heavy atom. The van der Waals surface area contributed by atoms with Gasteiger partial charge in [0.1, 0.15) is 5.82 Å². The standard InChI is InChI=1S/C17H17F2N3O5S/c1-20-6-8-21(9-7-20)28(25,26)13-3-5-17(15(11-13)22(23)24)27-16-4-2-12(18)10-14(16)19/h2-5,10-11H,6-9H2,1H3. The van der Waals surface area contributed by atoms with Crippen molar-refractivity contribution in [2.45, 2.75) is 4.90 Å². The molecule has 1 aliphatic rings. The van der Waals surface area contributed by atoms with Crippen molar-refractivity contribution < 1.29 is 26.9 Å². The third kappa shape index (κ3) is 4.11. The first-order chi connectivity index (χ1) is 13.2. The van der Waals surface area contributed by atoms with Gasteiger partial charge in [-0.05, 0) is 31.3 Å². The molecule has 0 N–H and O–H groups in total. The van der Waals surface area contributed by atoms with Crippen molar-refractivity contribution in [2.24, 2.45) is 0 Å². The molecule has 0 saturated carbocycles.